The Kier molecular flexibility index (Phi) is 2.53. The molecule has 5 heteroatoms. The van der Waals surface area contributed by atoms with E-state index in [1.165, 1.54) is 7.11 Å². The molecule has 0 aliphatic carbocycles. The van der Waals surface area contributed by atoms with Crippen LogP contribution in [0.1, 0.15) is 6.42 Å². The number of aldehydes is 1. The highest BCUT2D eigenvalue weighted by Crippen LogP contribution is 2.30. The maximum atomic E-state index is 11.1. The predicted octanol–water partition coefficient (Wildman–Crippen LogP) is -0.363. The predicted molar refractivity (Wildman–Crippen MR) is 43.6 cm³/mol. The molecule has 1 aliphatic heterocycles. The quantitative estimate of drug-likeness (QED) is 0.573. The molecule has 70 valence electrons. The summed E-state index contributed by atoms with van der Waals surface area (Å²) >= 11 is 0. The van der Waals surface area contributed by atoms with Gasteiger partial charge in [0.25, 0.3) is 0 Å². The van der Waals surface area contributed by atoms with Crippen molar-refractivity contribution in [3.05, 3.63) is 0 Å². The topological polar surface area (TPSA) is 60.4 Å². The highest BCUT2D eigenvalue weighted by atomic mass is 32.2. The first-order valence-corrected chi connectivity index (χ1v) is 5.51. The Bertz CT molecular complexity index is 269. The number of carbonyl (C=O) groups excluding carboxylic acids is 1. The van der Waals surface area contributed by atoms with Crippen molar-refractivity contribution in [2.75, 3.05) is 25.2 Å². The summed E-state index contributed by atoms with van der Waals surface area (Å²) in [6.07, 6.45) is 1.10. The summed E-state index contributed by atoms with van der Waals surface area (Å²) in [5.74, 6) is 0.0481. The molecular formula is C7H12O4S. The molecule has 0 aromatic heterocycles. The van der Waals surface area contributed by atoms with Gasteiger partial charge in [0.2, 0.25) is 0 Å². The van der Waals surface area contributed by atoms with Crippen molar-refractivity contribution in [2.24, 2.45) is 5.41 Å². The van der Waals surface area contributed by atoms with Crippen LogP contribution in [0.3, 0.4) is 0 Å². The molecule has 0 radical (unpaired) electrons. The summed E-state index contributed by atoms with van der Waals surface area (Å²) in [5, 5.41) is 0. The Balaban J connectivity index is 2.79. The molecule has 4 nitrogen and oxygen atoms in total. The Morgan fingerprint density at radius 1 is 1.58 bits per heavy atom. The smallest absolute Gasteiger partial charge is 0.151 e. The average molecular weight is 192 g/mol. The van der Waals surface area contributed by atoms with Crippen molar-refractivity contribution in [2.45, 2.75) is 6.42 Å². The number of carbonyl (C=O) groups is 1. The van der Waals surface area contributed by atoms with Gasteiger partial charge in [0.05, 0.1) is 23.5 Å². The third-order valence-electron chi connectivity index (χ3n) is 2.10. The van der Waals surface area contributed by atoms with Crippen LogP contribution in [-0.4, -0.2) is 39.9 Å². The molecule has 1 atom stereocenters. The summed E-state index contributed by atoms with van der Waals surface area (Å²) < 4.78 is 26.9. The van der Waals surface area contributed by atoms with Gasteiger partial charge >= 0.3 is 0 Å². The third kappa shape index (κ3) is 1.84. The minimum atomic E-state index is -3.00. The number of rotatable bonds is 3. The van der Waals surface area contributed by atoms with E-state index in [9.17, 15) is 13.2 Å². The SMILES string of the molecule is COCC1(C=O)CCS(=O)(=O)C1. The molecule has 0 aromatic rings. The zero-order valence-corrected chi connectivity index (χ0v) is 7.76. The van der Waals surface area contributed by atoms with Gasteiger partial charge in [0, 0.05) is 7.11 Å². The maximum Gasteiger partial charge on any atom is 0.151 e. The fraction of sp³-hybridized carbons (Fsp3) is 0.857. The lowest BCUT2D eigenvalue weighted by Gasteiger charge is -2.17. The van der Waals surface area contributed by atoms with Crippen molar-refractivity contribution in [3.8, 4) is 0 Å². The standard InChI is InChI=1S/C7H12O4S/c1-11-5-7(4-8)2-3-12(9,10)6-7/h4H,2-3,5-6H2,1H3. The second-order valence-electron chi connectivity index (χ2n) is 3.26. The fourth-order valence-corrected chi connectivity index (χ4v) is 3.50. The molecule has 12 heavy (non-hydrogen) atoms. The molecule has 0 saturated carbocycles. The summed E-state index contributed by atoms with van der Waals surface area (Å²) in [6.45, 7) is 0.204. The first-order chi connectivity index (χ1) is 5.54. The minimum absolute atomic E-state index is 0.0582. The fourth-order valence-electron chi connectivity index (χ4n) is 1.47. The van der Waals surface area contributed by atoms with Crippen molar-refractivity contribution < 1.29 is 17.9 Å². The zero-order chi connectivity index (χ0) is 9.24. The first-order valence-electron chi connectivity index (χ1n) is 3.69. The van der Waals surface area contributed by atoms with Crippen LogP contribution in [0, 0.1) is 5.41 Å². The van der Waals surface area contributed by atoms with E-state index in [1.54, 1.807) is 0 Å². The molecule has 0 N–H and O–H groups in total. The number of hydrogen-bond donors (Lipinski definition) is 0. The number of methoxy groups -OCH3 is 1. The summed E-state index contributed by atoms with van der Waals surface area (Å²) in [4.78, 5) is 10.7. The molecule has 1 saturated heterocycles. The average Bonchev–Trinajstić information content (AvgIpc) is 2.29. The van der Waals surface area contributed by atoms with Crippen LogP contribution >= 0.6 is 0 Å². The lowest BCUT2D eigenvalue weighted by Crippen LogP contribution is -2.29. The molecule has 0 amide bonds. The van der Waals surface area contributed by atoms with Gasteiger partial charge in [-0.15, -0.1) is 0 Å². The monoisotopic (exact) mass is 192 g/mol. The maximum absolute atomic E-state index is 11.1. The molecule has 0 bridgehead atoms. The van der Waals surface area contributed by atoms with Gasteiger partial charge < -0.3 is 9.53 Å². The van der Waals surface area contributed by atoms with E-state index in [0.717, 1.165) is 0 Å². The van der Waals surface area contributed by atoms with E-state index >= 15 is 0 Å². The lowest BCUT2D eigenvalue weighted by atomic mass is 9.91. The van der Waals surface area contributed by atoms with E-state index in [0.29, 0.717) is 12.7 Å². The second kappa shape index (κ2) is 3.14. The Morgan fingerprint density at radius 3 is 2.58 bits per heavy atom. The lowest BCUT2D eigenvalue weighted by molar-refractivity contribution is -0.117. The van der Waals surface area contributed by atoms with Crippen LogP contribution in [0.5, 0.6) is 0 Å². The van der Waals surface area contributed by atoms with Gasteiger partial charge in [-0.25, -0.2) is 8.42 Å². The molecule has 0 spiro atoms. The molecule has 1 heterocycles. The van der Waals surface area contributed by atoms with Gasteiger partial charge in [-0.1, -0.05) is 0 Å². The van der Waals surface area contributed by atoms with Crippen molar-refractivity contribution in [1.82, 2.24) is 0 Å². The van der Waals surface area contributed by atoms with Crippen LogP contribution < -0.4 is 0 Å². The van der Waals surface area contributed by atoms with E-state index in [2.05, 4.69) is 0 Å². The number of ether oxygens (including phenoxy) is 1. The number of hydrogen-bond acceptors (Lipinski definition) is 4. The Morgan fingerprint density at radius 2 is 2.25 bits per heavy atom. The minimum Gasteiger partial charge on any atom is -0.384 e. The largest absolute Gasteiger partial charge is 0.384 e. The van der Waals surface area contributed by atoms with E-state index in [4.69, 9.17) is 4.74 Å². The van der Waals surface area contributed by atoms with E-state index in [1.807, 2.05) is 0 Å². The highest BCUT2D eigenvalue weighted by molar-refractivity contribution is 7.91. The van der Waals surface area contributed by atoms with Gasteiger partial charge in [-0.2, -0.15) is 0 Å². The zero-order valence-electron chi connectivity index (χ0n) is 6.95. The molecular weight excluding hydrogens is 180 g/mol. The van der Waals surface area contributed by atoms with Crippen LogP contribution in [0.15, 0.2) is 0 Å². The third-order valence-corrected chi connectivity index (χ3v) is 3.94. The molecule has 1 rings (SSSR count). The number of sulfone groups is 1. The van der Waals surface area contributed by atoms with Crippen LogP contribution in [0.2, 0.25) is 0 Å². The first kappa shape index (κ1) is 9.67. The van der Waals surface area contributed by atoms with Gasteiger partial charge in [-0.05, 0) is 6.42 Å². The van der Waals surface area contributed by atoms with Crippen LogP contribution in [0.25, 0.3) is 0 Å². The van der Waals surface area contributed by atoms with Gasteiger partial charge in [0.1, 0.15) is 6.29 Å². The Labute approximate surface area is 71.8 Å². The summed E-state index contributed by atoms with van der Waals surface area (Å²) in [7, 11) is -1.53. The van der Waals surface area contributed by atoms with Crippen molar-refractivity contribution >= 4 is 16.1 Å². The van der Waals surface area contributed by atoms with Crippen LogP contribution in [-0.2, 0) is 19.4 Å². The van der Waals surface area contributed by atoms with Crippen molar-refractivity contribution in [1.29, 1.82) is 0 Å². The molecule has 1 aliphatic rings. The van der Waals surface area contributed by atoms with E-state index in [-0.39, 0.29) is 18.1 Å². The Hall–Kier alpha value is -0.420. The molecule has 0 aromatic carbocycles. The van der Waals surface area contributed by atoms with Gasteiger partial charge in [0.15, 0.2) is 9.84 Å². The highest BCUT2D eigenvalue weighted by Gasteiger charge is 2.42. The van der Waals surface area contributed by atoms with Crippen LogP contribution in [0.4, 0.5) is 0 Å². The van der Waals surface area contributed by atoms with Gasteiger partial charge in [-0.3, -0.25) is 0 Å². The molecule has 1 unspecified atom stereocenters. The normalized spacial score (nSPS) is 33.4. The summed E-state index contributed by atoms with van der Waals surface area (Å²) in [5.41, 5.74) is -0.770. The molecule has 1 fully saturated rings. The van der Waals surface area contributed by atoms with Crippen molar-refractivity contribution in [3.63, 3.8) is 0 Å². The summed E-state index contributed by atoms with van der Waals surface area (Å²) in [6, 6.07) is 0. The second-order valence-corrected chi connectivity index (χ2v) is 5.44. The van der Waals surface area contributed by atoms with E-state index < -0.39 is 15.3 Å².